The van der Waals surface area contributed by atoms with Gasteiger partial charge in [-0.05, 0) is 60.3 Å². The standard InChI is InChI=1S/C25H32F3N/c1-19(2)17-24(3)12-5-6-20(18-24)9-13-29-14-10-21(11-15-29)22-7-4-8-23(16-22)25(26,27)28/h4-8,10,12,16,19H,9,11,13-15,17-18H2,1-3H3. The van der Waals surface area contributed by atoms with Gasteiger partial charge in [-0.2, -0.15) is 13.2 Å². The van der Waals surface area contributed by atoms with Crippen LogP contribution in [-0.4, -0.2) is 24.5 Å². The van der Waals surface area contributed by atoms with Crippen LogP contribution in [0.15, 0.2) is 54.1 Å². The number of nitrogens with zero attached hydrogens (tertiary/aromatic N) is 1. The fourth-order valence-electron chi connectivity index (χ4n) is 4.67. The Hall–Kier alpha value is -1.81. The summed E-state index contributed by atoms with van der Waals surface area (Å²) in [7, 11) is 0. The third-order valence-corrected chi connectivity index (χ3v) is 5.94. The number of benzene rings is 1. The Morgan fingerprint density at radius 3 is 2.66 bits per heavy atom. The molecule has 1 aromatic carbocycles. The molecule has 0 N–H and O–H groups in total. The molecule has 0 amide bonds. The fourth-order valence-corrected chi connectivity index (χ4v) is 4.67. The van der Waals surface area contributed by atoms with Crippen LogP contribution in [0.4, 0.5) is 13.2 Å². The molecule has 1 unspecified atom stereocenters. The van der Waals surface area contributed by atoms with Crippen LogP contribution >= 0.6 is 0 Å². The molecule has 1 heterocycles. The van der Waals surface area contributed by atoms with E-state index in [4.69, 9.17) is 0 Å². The first-order valence-corrected chi connectivity index (χ1v) is 10.6. The van der Waals surface area contributed by atoms with Gasteiger partial charge in [0.25, 0.3) is 0 Å². The van der Waals surface area contributed by atoms with Crippen LogP contribution in [-0.2, 0) is 6.18 Å². The zero-order valence-corrected chi connectivity index (χ0v) is 17.7. The largest absolute Gasteiger partial charge is 0.416 e. The minimum absolute atomic E-state index is 0.261. The predicted octanol–water partition coefficient (Wildman–Crippen LogP) is 7.12. The highest BCUT2D eigenvalue weighted by molar-refractivity contribution is 5.67. The quantitative estimate of drug-likeness (QED) is 0.489. The van der Waals surface area contributed by atoms with Crippen molar-refractivity contribution < 1.29 is 13.2 Å². The van der Waals surface area contributed by atoms with Gasteiger partial charge < -0.3 is 0 Å². The second kappa shape index (κ2) is 8.91. The molecule has 29 heavy (non-hydrogen) atoms. The second-order valence-electron chi connectivity index (χ2n) is 9.22. The van der Waals surface area contributed by atoms with E-state index in [2.05, 4.69) is 50.0 Å². The van der Waals surface area contributed by atoms with Gasteiger partial charge in [0.15, 0.2) is 0 Å². The molecule has 0 radical (unpaired) electrons. The van der Waals surface area contributed by atoms with Crippen molar-refractivity contribution in [2.24, 2.45) is 11.3 Å². The van der Waals surface area contributed by atoms with Crippen LogP contribution < -0.4 is 0 Å². The molecule has 0 bridgehead atoms. The average Bonchev–Trinajstić information content (AvgIpc) is 2.65. The molecule has 0 saturated carbocycles. The summed E-state index contributed by atoms with van der Waals surface area (Å²) in [5.74, 6) is 0.686. The Labute approximate surface area is 173 Å². The average molecular weight is 404 g/mol. The minimum Gasteiger partial charge on any atom is -0.299 e. The monoisotopic (exact) mass is 403 g/mol. The second-order valence-corrected chi connectivity index (χ2v) is 9.22. The van der Waals surface area contributed by atoms with Crippen LogP contribution in [0.3, 0.4) is 0 Å². The molecular formula is C25H32F3N. The molecule has 1 atom stereocenters. The Bertz CT molecular complexity index is 801. The van der Waals surface area contributed by atoms with E-state index in [1.807, 2.05) is 0 Å². The van der Waals surface area contributed by atoms with Crippen molar-refractivity contribution in [2.45, 2.75) is 52.6 Å². The lowest BCUT2D eigenvalue weighted by atomic mass is 9.74. The van der Waals surface area contributed by atoms with Crippen LogP contribution in [0.5, 0.6) is 0 Å². The summed E-state index contributed by atoms with van der Waals surface area (Å²) >= 11 is 0. The summed E-state index contributed by atoms with van der Waals surface area (Å²) in [5, 5.41) is 0. The summed E-state index contributed by atoms with van der Waals surface area (Å²) < 4.78 is 38.9. The van der Waals surface area contributed by atoms with Crippen molar-refractivity contribution in [2.75, 3.05) is 19.6 Å². The molecule has 0 saturated heterocycles. The van der Waals surface area contributed by atoms with Crippen LogP contribution in [0, 0.1) is 11.3 Å². The van der Waals surface area contributed by atoms with Crippen molar-refractivity contribution in [3.05, 3.63) is 65.3 Å². The molecule has 3 rings (SSSR count). The Morgan fingerprint density at radius 2 is 2.00 bits per heavy atom. The summed E-state index contributed by atoms with van der Waals surface area (Å²) in [6.07, 6.45) is 8.81. The summed E-state index contributed by atoms with van der Waals surface area (Å²) in [4.78, 5) is 2.40. The lowest BCUT2D eigenvalue weighted by molar-refractivity contribution is -0.137. The normalized spacial score (nSPS) is 23.3. The van der Waals surface area contributed by atoms with E-state index >= 15 is 0 Å². The molecule has 0 fully saturated rings. The molecule has 158 valence electrons. The zero-order chi connectivity index (χ0) is 21.1. The number of rotatable bonds is 6. The highest BCUT2D eigenvalue weighted by Gasteiger charge is 2.31. The molecule has 1 aromatic rings. The van der Waals surface area contributed by atoms with Gasteiger partial charge in [-0.3, -0.25) is 4.90 Å². The van der Waals surface area contributed by atoms with Crippen molar-refractivity contribution in [3.63, 3.8) is 0 Å². The number of hydrogen-bond donors (Lipinski definition) is 0. The Balaban J connectivity index is 1.54. The molecule has 2 aliphatic rings. The highest BCUT2D eigenvalue weighted by Crippen LogP contribution is 2.38. The van der Waals surface area contributed by atoms with E-state index < -0.39 is 11.7 Å². The van der Waals surface area contributed by atoms with Gasteiger partial charge in [0, 0.05) is 19.6 Å². The topological polar surface area (TPSA) is 3.24 Å². The Kier molecular flexibility index (Phi) is 6.72. The fraction of sp³-hybridized carbons (Fsp3) is 0.520. The molecule has 1 nitrogen and oxygen atoms in total. The molecule has 4 heteroatoms. The van der Waals surface area contributed by atoms with E-state index in [9.17, 15) is 13.2 Å². The summed E-state index contributed by atoms with van der Waals surface area (Å²) in [6, 6.07) is 5.70. The summed E-state index contributed by atoms with van der Waals surface area (Å²) in [5.41, 5.74) is 2.92. The predicted molar refractivity (Wildman–Crippen MR) is 114 cm³/mol. The van der Waals surface area contributed by atoms with Gasteiger partial charge in [0.1, 0.15) is 0 Å². The van der Waals surface area contributed by atoms with Crippen molar-refractivity contribution >= 4 is 5.57 Å². The number of alkyl halides is 3. The minimum atomic E-state index is -4.29. The van der Waals surface area contributed by atoms with Gasteiger partial charge in [-0.25, -0.2) is 0 Å². The molecular weight excluding hydrogens is 371 g/mol. The van der Waals surface area contributed by atoms with E-state index in [1.54, 1.807) is 6.07 Å². The lowest BCUT2D eigenvalue weighted by Crippen LogP contribution is -2.30. The highest BCUT2D eigenvalue weighted by atomic mass is 19.4. The first-order valence-electron chi connectivity index (χ1n) is 10.6. The smallest absolute Gasteiger partial charge is 0.299 e. The third kappa shape index (κ3) is 6.08. The van der Waals surface area contributed by atoms with Crippen molar-refractivity contribution in [1.82, 2.24) is 4.90 Å². The maximum Gasteiger partial charge on any atom is 0.416 e. The zero-order valence-electron chi connectivity index (χ0n) is 17.7. The molecule has 1 aliphatic heterocycles. The van der Waals surface area contributed by atoms with Gasteiger partial charge in [-0.1, -0.05) is 62.8 Å². The van der Waals surface area contributed by atoms with Crippen LogP contribution in [0.25, 0.3) is 5.57 Å². The van der Waals surface area contributed by atoms with E-state index in [-0.39, 0.29) is 5.41 Å². The van der Waals surface area contributed by atoms with E-state index in [0.717, 1.165) is 50.5 Å². The van der Waals surface area contributed by atoms with Crippen LogP contribution in [0.1, 0.15) is 57.6 Å². The van der Waals surface area contributed by atoms with Gasteiger partial charge in [0.05, 0.1) is 5.56 Å². The van der Waals surface area contributed by atoms with E-state index in [1.165, 1.54) is 24.1 Å². The maximum absolute atomic E-state index is 13.0. The van der Waals surface area contributed by atoms with Gasteiger partial charge in [-0.15, -0.1) is 0 Å². The first-order chi connectivity index (χ1) is 13.6. The van der Waals surface area contributed by atoms with Crippen molar-refractivity contribution in [1.29, 1.82) is 0 Å². The number of allylic oxidation sites excluding steroid dienone is 3. The molecule has 0 aromatic heterocycles. The molecule has 0 spiro atoms. The van der Waals surface area contributed by atoms with Crippen molar-refractivity contribution in [3.8, 4) is 0 Å². The number of hydrogen-bond acceptors (Lipinski definition) is 1. The van der Waals surface area contributed by atoms with Crippen LogP contribution in [0.2, 0.25) is 0 Å². The molecule has 1 aliphatic carbocycles. The Morgan fingerprint density at radius 1 is 1.21 bits per heavy atom. The van der Waals surface area contributed by atoms with E-state index in [0.29, 0.717) is 11.5 Å². The summed E-state index contributed by atoms with van der Waals surface area (Å²) in [6.45, 7) is 9.61. The third-order valence-electron chi connectivity index (χ3n) is 5.94. The maximum atomic E-state index is 13.0. The number of halogens is 3. The van der Waals surface area contributed by atoms with Gasteiger partial charge in [0.2, 0.25) is 0 Å². The van der Waals surface area contributed by atoms with Gasteiger partial charge >= 0.3 is 6.18 Å². The SMILES string of the molecule is CC(C)CC1(C)C=CC=C(CCN2CC=C(c3cccc(C(F)(F)F)c3)CC2)C1. The first kappa shape index (κ1) is 21.9. The lowest BCUT2D eigenvalue weighted by Gasteiger charge is -2.33.